The number of aliphatic hydroxyl groups excluding tert-OH is 2. The highest BCUT2D eigenvalue weighted by molar-refractivity contribution is 5.96. The molecule has 0 bridgehead atoms. The van der Waals surface area contributed by atoms with Gasteiger partial charge in [0, 0.05) is 12.8 Å². The van der Waals surface area contributed by atoms with Gasteiger partial charge in [-0.05, 0) is 12.8 Å². The molecule has 29 heavy (non-hydrogen) atoms. The topological polar surface area (TPSA) is 149 Å². The Kier molecular flexibility index (Phi) is 6.72. The number of aromatic nitrogens is 4. The van der Waals surface area contributed by atoms with Gasteiger partial charge in [0.1, 0.15) is 18.5 Å². The second-order valence-electron chi connectivity index (χ2n) is 6.79. The lowest BCUT2D eigenvalue weighted by Gasteiger charge is -2.21. The molecule has 2 aromatic rings. The van der Waals surface area contributed by atoms with Gasteiger partial charge in [0.05, 0.1) is 12.9 Å². The smallest absolute Gasteiger partial charge is 0.306 e. The van der Waals surface area contributed by atoms with Gasteiger partial charge in [-0.15, -0.1) is 0 Å². The Hall–Kier alpha value is -2.63. The number of nitrogens with one attached hydrogen (secondary N) is 1. The minimum absolute atomic E-state index is 0.193. The fraction of sp³-hybridized carbons (Fsp3) is 0.611. The van der Waals surface area contributed by atoms with E-state index in [1.54, 1.807) is 0 Å². The molecule has 0 unspecified atom stereocenters. The number of carbonyl (C=O) groups excluding carboxylic acids is 2. The highest BCUT2D eigenvalue weighted by atomic mass is 16.6. The van der Waals surface area contributed by atoms with Gasteiger partial charge in [0.2, 0.25) is 5.91 Å². The Balaban J connectivity index is 1.93. The van der Waals surface area contributed by atoms with Crippen LogP contribution in [0.15, 0.2) is 12.7 Å². The Morgan fingerprint density at radius 2 is 2.00 bits per heavy atom. The molecule has 11 nitrogen and oxygen atoms in total. The molecule has 1 fully saturated rings. The Labute approximate surface area is 167 Å². The summed E-state index contributed by atoms with van der Waals surface area (Å²) >= 11 is 0. The summed E-state index contributed by atoms with van der Waals surface area (Å²) in [5, 5.41) is 22.6. The number of esters is 1. The molecule has 11 heteroatoms. The van der Waals surface area contributed by atoms with Crippen LogP contribution >= 0.6 is 0 Å². The number of hydrogen-bond acceptors (Lipinski definition) is 9. The summed E-state index contributed by atoms with van der Waals surface area (Å²) in [6.07, 6.45) is 0.378. The number of aliphatic hydroxyl groups is 2. The monoisotopic (exact) mass is 407 g/mol. The van der Waals surface area contributed by atoms with Gasteiger partial charge in [0.25, 0.3) is 0 Å². The molecule has 3 rings (SSSR count). The van der Waals surface area contributed by atoms with E-state index in [4.69, 9.17) is 9.47 Å². The molecule has 4 atom stereocenters. The number of anilines is 1. The molecule has 1 aliphatic heterocycles. The van der Waals surface area contributed by atoms with E-state index in [0.29, 0.717) is 30.4 Å². The summed E-state index contributed by atoms with van der Waals surface area (Å²) < 4.78 is 12.6. The molecule has 158 valence electrons. The summed E-state index contributed by atoms with van der Waals surface area (Å²) in [5.41, 5.74) is 0.667. The molecule has 3 heterocycles. The van der Waals surface area contributed by atoms with Crippen LogP contribution in [0.1, 0.15) is 45.8 Å². The molecule has 0 spiro atoms. The summed E-state index contributed by atoms with van der Waals surface area (Å²) in [6, 6.07) is 0. The normalized spacial score (nSPS) is 24.0. The third-order valence-corrected chi connectivity index (χ3v) is 4.58. The van der Waals surface area contributed by atoms with Crippen LogP contribution in [-0.4, -0.2) is 66.5 Å². The minimum Gasteiger partial charge on any atom is -0.455 e. The van der Waals surface area contributed by atoms with Crippen molar-refractivity contribution in [3.63, 3.8) is 0 Å². The van der Waals surface area contributed by atoms with Crippen LogP contribution in [0, 0.1) is 0 Å². The first-order chi connectivity index (χ1) is 14.0. The van der Waals surface area contributed by atoms with Crippen molar-refractivity contribution >= 4 is 28.9 Å². The van der Waals surface area contributed by atoms with E-state index in [-0.39, 0.29) is 18.1 Å². The predicted octanol–water partition coefficient (Wildman–Crippen LogP) is 0.527. The molecule has 0 aromatic carbocycles. The van der Waals surface area contributed by atoms with Crippen LogP contribution in [0.5, 0.6) is 0 Å². The van der Waals surface area contributed by atoms with Gasteiger partial charge >= 0.3 is 5.97 Å². The maximum Gasteiger partial charge on any atom is 0.306 e. The summed E-state index contributed by atoms with van der Waals surface area (Å²) in [6.45, 7) is 3.29. The lowest BCUT2D eigenvalue weighted by Crippen LogP contribution is -2.37. The SMILES string of the molecule is CCCC(=O)Nc1ncnc2c1ncn2[C@@H]1O[C@H](CO)[C@H](O)[C@H]1OC(=O)CCC. The fourth-order valence-corrected chi connectivity index (χ4v) is 3.19. The van der Waals surface area contributed by atoms with Crippen LogP contribution in [0.2, 0.25) is 0 Å². The van der Waals surface area contributed by atoms with Gasteiger partial charge in [-0.2, -0.15) is 0 Å². The second-order valence-corrected chi connectivity index (χ2v) is 6.79. The molecule has 0 aliphatic carbocycles. The van der Waals surface area contributed by atoms with Crippen LogP contribution in [0.3, 0.4) is 0 Å². The maximum atomic E-state index is 12.0. The third kappa shape index (κ3) is 4.36. The first kappa shape index (κ1) is 21.1. The van der Waals surface area contributed by atoms with E-state index >= 15 is 0 Å². The van der Waals surface area contributed by atoms with Crippen LogP contribution in [0.4, 0.5) is 5.82 Å². The molecule has 2 aromatic heterocycles. The highest BCUT2D eigenvalue weighted by Crippen LogP contribution is 2.34. The zero-order chi connectivity index (χ0) is 21.0. The summed E-state index contributed by atoms with van der Waals surface area (Å²) in [4.78, 5) is 36.5. The van der Waals surface area contributed by atoms with Crippen molar-refractivity contribution in [3.05, 3.63) is 12.7 Å². The van der Waals surface area contributed by atoms with Gasteiger partial charge in [-0.1, -0.05) is 13.8 Å². The molecular formula is C18H25N5O6. The van der Waals surface area contributed by atoms with Gasteiger partial charge in [0.15, 0.2) is 29.3 Å². The van der Waals surface area contributed by atoms with Crippen LogP contribution < -0.4 is 5.32 Å². The van der Waals surface area contributed by atoms with Gasteiger partial charge in [-0.3, -0.25) is 14.2 Å². The zero-order valence-corrected chi connectivity index (χ0v) is 16.3. The van der Waals surface area contributed by atoms with Gasteiger partial charge < -0.3 is 25.0 Å². The minimum atomic E-state index is -1.21. The number of fused-ring (bicyclic) bond motifs is 1. The predicted molar refractivity (Wildman–Crippen MR) is 101 cm³/mol. The van der Waals surface area contributed by atoms with E-state index in [0.717, 1.165) is 0 Å². The van der Waals surface area contributed by atoms with Crippen molar-refractivity contribution in [2.24, 2.45) is 0 Å². The highest BCUT2D eigenvalue weighted by Gasteiger charge is 2.47. The van der Waals surface area contributed by atoms with E-state index in [1.165, 1.54) is 17.2 Å². The number of carbonyl (C=O) groups is 2. The van der Waals surface area contributed by atoms with Crippen molar-refractivity contribution in [2.45, 2.75) is 64.1 Å². The molecule has 0 radical (unpaired) electrons. The van der Waals surface area contributed by atoms with E-state index in [2.05, 4.69) is 20.3 Å². The number of hydrogen-bond donors (Lipinski definition) is 3. The Bertz CT molecular complexity index is 872. The number of ether oxygens (including phenoxy) is 2. The van der Waals surface area contributed by atoms with Crippen molar-refractivity contribution in [1.82, 2.24) is 19.5 Å². The lowest BCUT2D eigenvalue weighted by atomic mass is 10.1. The molecular weight excluding hydrogens is 382 g/mol. The van der Waals surface area contributed by atoms with Gasteiger partial charge in [-0.25, -0.2) is 15.0 Å². The molecule has 1 aliphatic rings. The summed E-state index contributed by atoms with van der Waals surface area (Å²) in [7, 11) is 0. The van der Waals surface area contributed by atoms with Crippen molar-refractivity contribution in [3.8, 4) is 0 Å². The first-order valence-electron chi connectivity index (χ1n) is 9.61. The first-order valence-corrected chi connectivity index (χ1v) is 9.61. The number of amides is 1. The molecule has 0 saturated carbocycles. The zero-order valence-electron chi connectivity index (χ0n) is 16.3. The Morgan fingerprint density at radius 3 is 2.69 bits per heavy atom. The average molecular weight is 407 g/mol. The van der Waals surface area contributed by atoms with Crippen LogP contribution in [0.25, 0.3) is 11.2 Å². The van der Waals surface area contributed by atoms with Crippen molar-refractivity contribution in [1.29, 1.82) is 0 Å². The summed E-state index contributed by atoms with van der Waals surface area (Å²) in [5.74, 6) is -0.416. The lowest BCUT2D eigenvalue weighted by molar-refractivity contribution is -0.158. The van der Waals surface area contributed by atoms with Crippen molar-refractivity contribution in [2.75, 3.05) is 11.9 Å². The number of nitrogens with zero attached hydrogens (tertiary/aromatic N) is 4. The number of imidazole rings is 1. The van der Waals surface area contributed by atoms with E-state index in [1.807, 2.05) is 13.8 Å². The Morgan fingerprint density at radius 1 is 1.24 bits per heavy atom. The maximum absolute atomic E-state index is 12.0. The average Bonchev–Trinajstić information content (AvgIpc) is 3.24. The largest absolute Gasteiger partial charge is 0.455 e. The third-order valence-electron chi connectivity index (χ3n) is 4.58. The van der Waals surface area contributed by atoms with Crippen molar-refractivity contribution < 1.29 is 29.3 Å². The standard InChI is InChI=1S/C18H25N5O6/c1-3-5-11(25)22-16-13-17(20-8-19-16)23(9-21-13)18-15(29-12(26)6-4-2)14(27)10(7-24)28-18/h8-10,14-15,18,24,27H,3-7H2,1-2H3,(H,19,20,22,25)/t10-,14+,15-,18-/m1/s1. The van der Waals surface area contributed by atoms with E-state index in [9.17, 15) is 19.8 Å². The van der Waals surface area contributed by atoms with Crippen LogP contribution in [-0.2, 0) is 19.1 Å². The molecule has 1 amide bonds. The second kappa shape index (κ2) is 9.25. The van der Waals surface area contributed by atoms with E-state index < -0.39 is 37.1 Å². The molecule has 1 saturated heterocycles. The molecule has 3 N–H and O–H groups in total. The number of rotatable bonds is 8. The fourth-order valence-electron chi connectivity index (χ4n) is 3.19. The quantitative estimate of drug-likeness (QED) is 0.533.